The summed E-state index contributed by atoms with van der Waals surface area (Å²) in [4.78, 5) is 19.4. The minimum Gasteiger partial charge on any atom is -0.497 e. The van der Waals surface area contributed by atoms with Crippen molar-refractivity contribution in [1.82, 2.24) is 0 Å². The van der Waals surface area contributed by atoms with Gasteiger partial charge in [-0.25, -0.2) is 0 Å². The number of rotatable bonds is 5. The van der Waals surface area contributed by atoms with Gasteiger partial charge in [-0.2, -0.15) is 0 Å². The molecule has 3 aromatic carbocycles. The van der Waals surface area contributed by atoms with E-state index in [4.69, 9.17) is 21.1 Å². The summed E-state index contributed by atoms with van der Waals surface area (Å²) in [5.41, 5.74) is 4.19. The van der Waals surface area contributed by atoms with Gasteiger partial charge >= 0.3 is 0 Å². The van der Waals surface area contributed by atoms with Crippen LogP contribution in [-0.4, -0.2) is 32.4 Å². The highest BCUT2D eigenvalue weighted by atomic mass is 35.5. The molecule has 0 fully saturated rings. The van der Waals surface area contributed by atoms with Gasteiger partial charge in [0.05, 0.1) is 32.2 Å². The molecule has 0 saturated carbocycles. The number of benzodiazepines with no additional fused rings is 1. The van der Waals surface area contributed by atoms with E-state index in [1.54, 1.807) is 31.3 Å². The molecule has 3 aromatic rings. The maximum Gasteiger partial charge on any atom is 0.248 e. The van der Waals surface area contributed by atoms with Crippen LogP contribution in [0.5, 0.6) is 11.5 Å². The molecule has 1 aliphatic heterocycles. The largest absolute Gasteiger partial charge is 0.497 e. The number of ether oxygens (including phenoxy) is 2. The fourth-order valence-corrected chi connectivity index (χ4v) is 3.71. The Labute approximate surface area is 180 Å². The van der Waals surface area contributed by atoms with Gasteiger partial charge in [-0.15, -0.1) is 0 Å². The third-order valence-electron chi connectivity index (χ3n) is 4.98. The van der Waals surface area contributed by atoms with Crippen LogP contribution in [0.15, 0.2) is 71.7 Å². The SMILES string of the molecule is COc1cc(CN2C(=O)CN=C(c3ccccc3)c3cc(Cl)ccc32)cc(OC)c1. The molecule has 30 heavy (non-hydrogen) atoms. The monoisotopic (exact) mass is 420 g/mol. The van der Waals surface area contributed by atoms with Crippen molar-refractivity contribution in [3.8, 4) is 11.5 Å². The van der Waals surface area contributed by atoms with E-state index >= 15 is 0 Å². The van der Waals surface area contributed by atoms with Gasteiger partial charge in [0.25, 0.3) is 0 Å². The molecule has 0 radical (unpaired) electrons. The van der Waals surface area contributed by atoms with Gasteiger partial charge in [0, 0.05) is 22.2 Å². The lowest BCUT2D eigenvalue weighted by atomic mass is 10.00. The van der Waals surface area contributed by atoms with Crippen molar-refractivity contribution in [2.24, 2.45) is 4.99 Å². The topological polar surface area (TPSA) is 51.1 Å². The quantitative estimate of drug-likeness (QED) is 0.599. The Morgan fingerprint density at radius 2 is 1.67 bits per heavy atom. The minimum absolute atomic E-state index is 0.0532. The number of fused-ring (bicyclic) bond motifs is 1. The first-order valence-corrected chi connectivity index (χ1v) is 9.89. The van der Waals surface area contributed by atoms with Crippen molar-refractivity contribution in [3.05, 3.63) is 88.4 Å². The van der Waals surface area contributed by atoms with Crippen molar-refractivity contribution in [3.63, 3.8) is 0 Å². The number of hydrogen-bond acceptors (Lipinski definition) is 4. The van der Waals surface area contributed by atoms with Gasteiger partial charge in [0.15, 0.2) is 0 Å². The second-order valence-corrected chi connectivity index (χ2v) is 7.33. The second-order valence-electron chi connectivity index (χ2n) is 6.89. The number of methoxy groups -OCH3 is 2. The van der Waals surface area contributed by atoms with E-state index in [1.807, 2.05) is 54.6 Å². The van der Waals surface area contributed by atoms with E-state index in [0.717, 1.165) is 28.1 Å². The Hall–Kier alpha value is -3.31. The summed E-state index contributed by atoms with van der Waals surface area (Å²) in [6.45, 7) is 0.413. The summed E-state index contributed by atoms with van der Waals surface area (Å²) in [5, 5.41) is 0.592. The van der Waals surface area contributed by atoms with Gasteiger partial charge in [-0.3, -0.25) is 9.79 Å². The van der Waals surface area contributed by atoms with Crippen LogP contribution >= 0.6 is 11.6 Å². The first kappa shape index (κ1) is 20.0. The smallest absolute Gasteiger partial charge is 0.248 e. The Morgan fingerprint density at radius 1 is 0.967 bits per heavy atom. The molecule has 1 amide bonds. The van der Waals surface area contributed by atoms with Crippen LogP contribution in [0, 0.1) is 0 Å². The van der Waals surface area contributed by atoms with E-state index in [-0.39, 0.29) is 12.5 Å². The number of benzene rings is 3. The molecule has 5 nitrogen and oxygen atoms in total. The molecular weight excluding hydrogens is 400 g/mol. The Balaban J connectivity index is 1.79. The van der Waals surface area contributed by atoms with Crippen LogP contribution in [0.2, 0.25) is 5.02 Å². The van der Waals surface area contributed by atoms with Gasteiger partial charge in [-0.1, -0.05) is 41.9 Å². The lowest BCUT2D eigenvalue weighted by molar-refractivity contribution is -0.117. The highest BCUT2D eigenvalue weighted by molar-refractivity contribution is 6.32. The van der Waals surface area contributed by atoms with Crippen LogP contribution < -0.4 is 14.4 Å². The molecule has 0 N–H and O–H groups in total. The molecule has 1 heterocycles. The molecule has 0 atom stereocenters. The summed E-state index contributed by atoms with van der Waals surface area (Å²) < 4.78 is 10.7. The molecule has 0 unspecified atom stereocenters. The molecule has 4 rings (SSSR count). The molecule has 6 heteroatoms. The highest BCUT2D eigenvalue weighted by Gasteiger charge is 2.26. The Bertz CT molecular complexity index is 1090. The van der Waals surface area contributed by atoms with E-state index < -0.39 is 0 Å². The van der Waals surface area contributed by atoms with Crippen molar-refractivity contribution in [2.75, 3.05) is 25.7 Å². The predicted molar refractivity (Wildman–Crippen MR) is 119 cm³/mol. The first-order chi connectivity index (χ1) is 14.6. The number of carbonyl (C=O) groups is 1. The molecule has 0 bridgehead atoms. The van der Waals surface area contributed by atoms with Gasteiger partial charge < -0.3 is 14.4 Å². The number of hydrogen-bond donors (Lipinski definition) is 0. The number of anilines is 1. The van der Waals surface area contributed by atoms with Crippen LogP contribution in [0.3, 0.4) is 0 Å². The molecule has 0 saturated heterocycles. The molecule has 0 spiro atoms. The number of aliphatic imine (C=N–C) groups is 1. The maximum absolute atomic E-state index is 13.1. The van der Waals surface area contributed by atoms with E-state index in [2.05, 4.69) is 4.99 Å². The maximum atomic E-state index is 13.1. The Kier molecular flexibility index (Phi) is 5.72. The number of amides is 1. The zero-order valence-corrected chi connectivity index (χ0v) is 17.5. The molecular formula is C24H21ClN2O3. The third-order valence-corrected chi connectivity index (χ3v) is 5.21. The Morgan fingerprint density at radius 3 is 2.33 bits per heavy atom. The standard InChI is InChI=1S/C24H21ClN2O3/c1-29-19-10-16(11-20(13-19)30-2)15-27-22-9-8-18(25)12-21(22)24(26-14-23(27)28)17-6-4-3-5-7-17/h3-13H,14-15H2,1-2H3. The lowest BCUT2D eigenvalue weighted by Gasteiger charge is -2.24. The summed E-state index contributed by atoms with van der Waals surface area (Å²) in [6, 6.07) is 20.9. The summed E-state index contributed by atoms with van der Waals surface area (Å²) in [7, 11) is 3.21. The summed E-state index contributed by atoms with van der Waals surface area (Å²) >= 11 is 6.31. The predicted octanol–water partition coefficient (Wildman–Crippen LogP) is 4.74. The minimum atomic E-state index is -0.0914. The van der Waals surface area contributed by atoms with Crippen LogP contribution in [0.4, 0.5) is 5.69 Å². The molecule has 0 aliphatic carbocycles. The summed E-state index contributed by atoms with van der Waals surface area (Å²) in [6.07, 6.45) is 0. The molecule has 152 valence electrons. The fourth-order valence-electron chi connectivity index (χ4n) is 3.54. The molecule has 1 aliphatic rings. The van der Waals surface area contributed by atoms with Crippen molar-refractivity contribution in [2.45, 2.75) is 6.54 Å². The van der Waals surface area contributed by atoms with Crippen LogP contribution in [0.1, 0.15) is 16.7 Å². The van der Waals surface area contributed by atoms with E-state index in [0.29, 0.717) is 23.1 Å². The average Bonchev–Trinajstić information content (AvgIpc) is 2.90. The first-order valence-electron chi connectivity index (χ1n) is 9.51. The van der Waals surface area contributed by atoms with Gasteiger partial charge in [0.1, 0.15) is 18.0 Å². The normalized spacial score (nSPS) is 13.4. The molecule has 0 aromatic heterocycles. The van der Waals surface area contributed by atoms with Gasteiger partial charge in [-0.05, 0) is 35.9 Å². The average molecular weight is 421 g/mol. The highest BCUT2D eigenvalue weighted by Crippen LogP contribution is 2.32. The van der Waals surface area contributed by atoms with Crippen LogP contribution in [-0.2, 0) is 11.3 Å². The van der Waals surface area contributed by atoms with Crippen LogP contribution in [0.25, 0.3) is 0 Å². The zero-order valence-electron chi connectivity index (χ0n) is 16.8. The number of nitrogens with zero attached hydrogens (tertiary/aromatic N) is 2. The van der Waals surface area contributed by atoms with Gasteiger partial charge in [0.2, 0.25) is 5.91 Å². The fraction of sp³-hybridized carbons (Fsp3) is 0.167. The lowest BCUT2D eigenvalue weighted by Crippen LogP contribution is -2.32. The third kappa shape index (κ3) is 4.02. The number of carbonyl (C=O) groups excluding carboxylic acids is 1. The second kappa shape index (κ2) is 8.59. The van der Waals surface area contributed by atoms with Crippen molar-refractivity contribution in [1.29, 1.82) is 0 Å². The zero-order chi connectivity index (χ0) is 21.1. The van der Waals surface area contributed by atoms with E-state index in [9.17, 15) is 4.79 Å². The summed E-state index contributed by atoms with van der Waals surface area (Å²) in [5.74, 6) is 1.25. The van der Waals surface area contributed by atoms with Crippen molar-refractivity contribution >= 4 is 28.9 Å². The van der Waals surface area contributed by atoms with E-state index in [1.165, 1.54) is 0 Å². The van der Waals surface area contributed by atoms with Crippen molar-refractivity contribution < 1.29 is 14.3 Å². The number of halogens is 1.